The van der Waals surface area contributed by atoms with E-state index in [4.69, 9.17) is 5.11 Å². The minimum absolute atomic E-state index is 0.0558. The van der Waals surface area contributed by atoms with Gasteiger partial charge in [0.15, 0.2) is 0 Å². The average Bonchev–Trinajstić information content (AvgIpc) is 2.39. The zero-order chi connectivity index (χ0) is 14.3. The molecule has 1 unspecified atom stereocenters. The van der Waals surface area contributed by atoms with Crippen molar-refractivity contribution in [2.75, 3.05) is 31.1 Å². The highest BCUT2D eigenvalue weighted by atomic mass is 19.1. The SMILES string of the molecule is C=CCN(CCO)c1ccc(F)cc1C(C)NCC. The van der Waals surface area contributed by atoms with Gasteiger partial charge in [-0.3, -0.25) is 0 Å². The summed E-state index contributed by atoms with van der Waals surface area (Å²) in [5.74, 6) is -0.244. The maximum absolute atomic E-state index is 13.5. The molecule has 0 saturated heterocycles. The number of anilines is 1. The standard InChI is InChI=1S/C15H23FN2O/c1-4-8-18(9-10-19)15-7-6-13(16)11-14(15)12(3)17-5-2/h4,6-7,11-12,17,19H,1,5,8-10H2,2-3H3. The van der Waals surface area contributed by atoms with Gasteiger partial charge in [0.05, 0.1) is 6.61 Å². The molecule has 0 radical (unpaired) electrons. The van der Waals surface area contributed by atoms with Crippen LogP contribution in [-0.2, 0) is 0 Å². The van der Waals surface area contributed by atoms with E-state index in [-0.39, 0.29) is 18.5 Å². The fourth-order valence-electron chi connectivity index (χ4n) is 2.16. The van der Waals surface area contributed by atoms with Gasteiger partial charge in [-0.2, -0.15) is 0 Å². The molecule has 1 atom stereocenters. The average molecular weight is 266 g/mol. The first-order valence-corrected chi connectivity index (χ1v) is 6.63. The third kappa shape index (κ3) is 4.33. The van der Waals surface area contributed by atoms with Crippen molar-refractivity contribution in [2.45, 2.75) is 19.9 Å². The van der Waals surface area contributed by atoms with Gasteiger partial charge in [0, 0.05) is 24.8 Å². The molecule has 0 saturated carbocycles. The molecule has 0 aromatic heterocycles. The summed E-state index contributed by atoms with van der Waals surface area (Å²) in [5, 5.41) is 12.4. The van der Waals surface area contributed by atoms with Crippen molar-refractivity contribution in [3.63, 3.8) is 0 Å². The van der Waals surface area contributed by atoms with Crippen molar-refractivity contribution < 1.29 is 9.50 Å². The Balaban J connectivity index is 3.12. The monoisotopic (exact) mass is 266 g/mol. The fraction of sp³-hybridized carbons (Fsp3) is 0.467. The van der Waals surface area contributed by atoms with E-state index in [1.807, 2.05) is 18.7 Å². The largest absolute Gasteiger partial charge is 0.395 e. The third-order valence-corrected chi connectivity index (χ3v) is 3.03. The summed E-state index contributed by atoms with van der Waals surface area (Å²) in [5.41, 5.74) is 1.83. The van der Waals surface area contributed by atoms with Gasteiger partial charge in [-0.05, 0) is 37.2 Å². The number of nitrogens with one attached hydrogen (secondary N) is 1. The highest BCUT2D eigenvalue weighted by Crippen LogP contribution is 2.27. The van der Waals surface area contributed by atoms with Gasteiger partial charge in [-0.1, -0.05) is 13.0 Å². The van der Waals surface area contributed by atoms with E-state index in [9.17, 15) is 4.39 Å². The number of benzene rings is 1. The van der Waals surface area contributed by atoms with Crippen LogP contribution in [0.25, 0.3) is 0 Å². The summed E-state index contributed by atoms with van der Waals surface area (Å²) in [6.07, 6.45) is 1.78. The molecule has 0 aliphatic heterocycles. The van der Waals surface area contributed by atoms with Crippen molar-refractivity contribution >= 4 is 5.69 Å². The number of hydrogen-bond donors (Lipinski definition) is 2. The van der Waals surface area contributed by atoms with Crippen molar-refractivity contribution in [1.82, 2.24) is 5.32 Å². The molecule has 2 N–H and O–H groups in total. The first-order chi connectivity index (χ1) is 9.13. The lowest BCUT2D eigenvalue weighted by Crippen LogP contribution is -2.29. The lowest BCUT2D eigenvalue weighted by Gasteiger charge is -2.27. The van der Waals surface area contributed by atoms with Gasteiger partial charge in [-0.15, -0.1) is 6.58 Å². The Morgan fingerprint density at radius 1 is 1.53 bits per heavy atom. The molecule has 0 heterocycles. The van der Waals surface area contributed by atoms with Crippen LogP contribution < -0.4 is 10.2 Å². The molecule has 4 heteroatoms. The maximum Gasteiger partial charge on any atom is 0.123 e. The van der Waals surface area contributed by atoms with Crippen molar-refractivity contribution in [3.8, 4) is 0 Å². The molecule has 1 rings (SSSR count). The van der Waals surface area contributed by atoms with E-state index >= 15 is 0 Å². The molecule has 0 amide bonds. The molecule has 1 aromatic carbocycles. The van der Waals surface area contributed by atoms with Crippen molar-refractivity contribution in [3.05, 3.63) is 42.2 Å². The minimum Gasteiger partial charge on any atom is -0.395 e. The number of hydrogen-bond acceptors (Lipinski definition) is 3. The van der Waals surface area contributed by atoms with Crippen LogP contribution in [0.5, 0.6) is 0 Å². The second kappa shape index (κ2) is 7.92. The maximum atomic E-state index is 13.5. The van der Waals surface area contributed by atoms with Gasteiger partial charge in [0.25, 0.3) is 0 Å². The topological polar surface area (TPSA) is 35.5 Å². The summed E-state index contributed by atoms with van der Waals surface area (Å²) >= 11 is 0. The third-order valence-electron chi connectivity index (χ3n) is 3.03. The number of nitrogens with zero attached hydrogens (tertiary/aromatic N) is 1. The molecule has 1 aromatic rings. The van der Waals surface area contributed by atoms with Gasteiger partial charge in [-0.25, -0.2) is 4.39 Å². The second-order valence-electron chi connectivity index (χ2n) is 4.44. The van der Waals surface area contributed by atoms with Crippen LogP contribution in [0.4, 0.5) is 10.1 Å². The molecule has 0 fully saturated rings. The molecule has 0 bridgehead atoms. The van der Waals surface area contributed by atoms with Crippen LogP contribution in [-0.4, -0.2) is 31.3 Å². The molecule has 19 heavy (non-hydrogen) atoms. The van der Waals surface area contributed by atoms with E-state index in [1.165, 1.54) is 6.07 Å². The van der Waals surface area contributed by atoms with Gasteiger partial charge in [0.1, 0.15) is 5.82 Å². The first-order valence-electron chi connectivity index (χ1n) is 6.63. The molecule has 3 nitrogen and oxygen atoms in total. The molecule has 0 aliphatic rings. The molecule has 106 valence electrons. The highest BCUT2D eigenvalue weighted by Gasteiger charge is 2.15. The van der Waals surface area contributed by atoms with Crippen molar-refractivity contribution in [1.29, 1.82) is 0 Å². The Morgan fingerprint density at radius 2 is 2.26 bits per heavy atom. The Hall–Kier alpha value is -1.39. The molecular weight excluding hydrogens is 243 g/mol. The molecular formula is C15H23FN2O. The van der Waals surface area contributed by atoms with Crippen LogP contribution in [0.15, 0.2) is 30.9 Å². The highest BCUT2D eigenvalue weighted by molar-refractivity contribution is 5.55. The second-order valence-corrected chi connectivity index (χ2v) is 4.44. The van der Waals surface area contributed by atoms with Crippen LogP contribution in [0.1, 0.15) is 25.5 Å². The molecule has 0 spiro atoms. The summed E-state index contributed by atoms with van der Waals surface area (Å²) in [6.45, 7) is 9.75. The Morgan fingerprint density at radius 3 is 2.84 bits per heavy atom. The normalized spacial score (nSPS) is 12.2. The number of aliphatic hydroxyl groups excluding tert-OH is 1. The minimum atomic E-state index is -0.244. The summed E-state index contributed by atoms with van der Waals surface area (Å²) in [4.78, 5) is 2.00. The van der Waals surface area contributed by atoms with Crippen molar-refractivity contribution in [2.24, 2.45) is 0 Å². The predicted octanol–water partition coefficient (Wildman–Crippen LogP) is 2.48. The number of aliphatic hydroxyl groups is 1. The van der Waals surface area contributed by atoms with Crippen LogP contribution >= 0.6 is 0 Å². The van der Waals surface area contributed by atoms with E-state index in [0.717, 1.165) is 17.8 Å². The van der Waals surface area contributed by atoms with E-state index < -0.39 is 0 Å². The number of halogens is 1. The Kier molecular flexibility index (Phi) is 6.53. The predicted molar refractivity (Wildman–Crippen MR) is 78.0 cm³/mol. The molecule has 0 aliphatic carbocycles. The van der Waals surface area contributed by atoms with Gasteiger partial charge >= 0.3 is 0 Å². The Labute approximate surface area is 114 Å². The van der Waals surface area contributed by atoms with E-state index in [2.05, 4.69) is 11.9 Å². The van der Waals surface area contributed by atoms with Crippen LogP contribution in [0, 0.1) is 5.82 Å². The van der Waals surface area contributed by atoms with Crippen LogP contribution in [0.3, 0.4) is 0 Å². The summed E-state index contributed by atoms with van der Waals surface area (Å²) < 4.78 is 13.5. The quantitative estimate of drug-likeness (QED) is 0.710. The lowest BCUT2D eigenvalue weighted by molar-refractivity contribution is 0.303. The summed E-state index contributed by atoms with van der Waals surface area (Å²) in [7, 11) is 0. The van der Waals surface area contributed by atoms with E-state index in [1.54, 1.807) is 18.2 Å². The van der Waals surface area contributed by atoms with Gasteiger partial charge in [0.2, 0.25) is 0 Å². The van der Waals surface area contributed by atoms with Crippen LogP contribution in [0.2, 0.25) is 0 Å². The summed E-state index contributed by atoms with van der Waals surface area (Å²) in [6, 6.07) is 4.82. The van der Waals surface area contributed by atoms with E-state index in [0.29, 0.717) is 13.1 Å². The number of rotatable bonds is 8. The van der Waals surface area contributed by atoms with Gasteiger partial charge < -0.3 is 15.3 Å². The smallest absolute Gasteiger partial charge is 0.123 e. The fourth-order valence-corrected chi connectivity index (χ4v) is 2.16. The lowest BCUT2D eigenvalue weighted by atomic mass is 10.0. The zero-order valence-corrected chi connectivity index (χ0v) is 11.7. The zero-order valence-electron chi connectivity index (χ0n) is 11.7. The first kappa shape index (κ1) is 15.7. The Bertz CT molecular complexity index is 409.